The van der Waals surface area contributed by atoms with Gasteiger partial charge in [0.05, 0.1) is 0 Å². The number of hydrogen-bond acceptors (Lipinski definition) is 4. The van der Waals surface area contributed by atoms with Crippen molar-refractivity contribution in [1.29, 1.82) is 0 Å². The molecule has 3 aromatic carbocycles. The maximum atomic E-state index is 14.1. The van der Waals surface area contributed by atoms with E-state index < -0.39 is 35.6 Å². The zero-order valence-electron chi connectivity index (χ0n) is 19.4. The first kappa shape index (κ1) is 25.4. The fraction of sp³-hybridized carbons (Fsp3) is 0.222. The van der Waals surface area contributed by atoms with Gasteiger partial charge in [0.2, 0.25) is 17.7 Å². The number of halogens is 1. The summed E-state index contributed by atoms with van der Waals surface area (Å²) in [4.78, 5) is 36.6. The molecule has 182 valence electrons. The molecule has 0 aliphatic rings. The summed E-state index contributed by atoms with van der Waals surface area (Å²) in [6.45, 7) is 1.68. The van der Waals surface area contributed by atoms with Crippen LogP contribution in [0.1, 0.15) is 23.6 Å². The molecule has 0 radical (unpaired) electrons. The van der Waals surface area contributed by atoms with Crippen molar-refractivity contribution in [2.45, 2.75) is 38.5 Å². The number of ether oxygens (including phenoxy) is 1. The van der Waals surface area contributed by atoms with E-state index in [1.54, 1.807) is 30.3 Å². The van der Waals surface area contributed by atoms with E-state index in [9.17, 15) is 18.8 Å². The minimum absolute atomic E-state index is 0.0724. The molecule has 2 atom stereocenters. The van der Waals surface area contributed by atoms with Crippen molar-refractivity contribution in [3.05, 3.63) is 101 Å². The van der Waals surface area contributed by atoms with Gasteiger partial charge in [0, 0.05) is 19.8 Å². The number of benzene rings is 3. The predicted octanol–water partition coefficient (Wildman–Crippen LogP) is 2.66. The van der Waals surface area contributed by atoms with Crippen molar-refractivity contribution < 1.29 is 23.5 Å². The van der Waals surface area contributed by atoms with Crippen LogP contribution in [0.15, 0.2) is 78.9 Å². The van der Waals surface area contributed by atoms with Crippen LogP contribution in [0.3, 0.4) is 0 Å². The zero-order valence-corrected chi connectivity index (χ0v) is 19.4. The van der Waals surface area contributed by atoms with E-state index in [0.29, 0.717) is 12.4 Å². The van der Waals surface area contributed by atoms with Gasteiger partial charge in [-0.25, -0.2) is 4.39 Å². The average molecular weight is 478 g/mol. The molecule has 0 saturated heterocycles. The lowest BCUT2D eigenvalue weighted by Gasteiger charge is -2.22. The molecule has 0 aromatic heterocycles. The van der Waals surface area contributed by atoms with E-state index in [0.717, 1.165) is 11.1 Å². The molecule has 3 aromatic rings. The highest BCUT2D eigenvalue weighted by Crippen LogP contribution is 2.16. The summed E-state index contributed by atoms with van der Waals surface area (Å²) in [7, 11) is 0. The van der Waals surface area contributed by atoms with E-state index in [1.807, 2.05) is 30.3 Å². The molecular formula is C27H28FN3O4. The Morgan fingerprint density at radius 2 is 1.49 bits per heavy atom. The first-order valence-corrected chi connectivity index (χ1v) is 11.2. The maximum Gasteiger partial charge on any atom is 0.243 e. The number of amides is 3. The first-order valence-electron chi connectivity index (χ1n) is 11.2. The van der Waals surface area contributed by atoms with Gasteiger partial charge in [-0.05, 0) is 34.9 Å². The Labute approximate surface area is 203 Å². The second kappa shape index (κ2) is 12.3. The quantitative estimate of drug-likeness (QED) is 0.394. The number of hydrogen-bond donors (Lipinski definition) is 3. The molecule has 35 heavy (non-hydrogen) atoms. The highest BCUT2D eigenvalue weighted by Gasteiger charge is 2.26. The van der Waals surface area contributed by atoms with Crippen molar-refractivity contribution in [3.8, 4) is 5.75 Å². The summed E-state index contributed by atoms with van der Waals surface area (Å²) < 4.78 is 19.9. The average Bonchev–Trinajstić information content (AvgIpc) is 2.84. The third-order valence-electron chi connectivity index (χ3n) is 5.35. The van der Waals surface area contributed by atoms with Crippen molar-refractivity contribution in [3.63, 3.8) is 0 Å². The minimum atomic E-state index is -1.07. The summed E-state index contributed by atoms with van der Waals surface area (Å²) in [5.74, 6) is -1.64. The second-order valence-electron chi connectivity index (χ2n) is 8.13. The van der Waals surface area contributed by atoms with E-state index in [4.69, 9.17) is 10.5 Å². The Balaban J connectivity index is 1.63. The number of nitrogens with two attached hydrogens (primary N) is 1. The largest absolute Gasteiger partial charge is 0.489 e. The first-order chi connectivity index (χ1) is 16.8. The molecule has 0 heterocycles. The molecule has 0 saturated carbocycles. The molecular weight excluding hydrogens is 449 g/mol. The van der Waals surface area contributed by atoms with Crippen molar-refractivity contribution in [2.75, 3.05) is 0 Å². The van der Waals surface area contributed by atoms with Gasteiger partial charge in [0.15, 0.2) is 0 Å². The summed E-state index contributed by atoms with van der Waals surface area (Å²) >= 11 is 0. The number of rotatable bonds is 11. The van der Waals surface area contributed by atoms with E-state index in [-0.39, 0.29) is 18.4 Å². The van der Waals surface area contributed by atoms with E-state index >= 15 is 0 Å². The molecule has 0 aliphatic carbocycles. The summed E-state index contributed by atoms with van der Waals surface area (Å²) in [5.41, 5.74) is 7.59. The Morgan fingerprint density at radius 1 is 0.829 bits per heavy atom. The smallest absolute Gasteiger partial charge is 0.243 e. The predicted molar refractivity (Wildman–Crippen MR) is 130 cm³/mol. The topological polar surface area (TPSA) is 111 Å². The molecule has 0 bridgehead atoms. The van der Waals surface area contributed by atoms with Crippen LogP contribution in [0.25, 0.3) is 0 Å². The van der Waals surface area contributed by atoms with Gasteiger partial charge in [-0.2, -0.15) is 0 Å². The standard InChI is InChI=1S/C27H28FN3O4/c1-18(32)30-25(16-21-9-5-6-10-23(21)28)27(34)31-24(26(29)33)15-19-11-13-22(14-12-19)35-17-20-7-3-2-4-8-20/h2-14,24-25H,15-17H2,1H3,(H2,29,33)(H,30,32)(H,31,34)/t24-,25-/m1/s1. The number of primary amides is 1. The van der Waals surface area contributed by atoms with Crippen molar-refractivity contribution in [1.82, 2.24) is 10.6 Å². The summed E-state index contributed by atoms with van der Waals surface area (Å²) in [6, 6.07) is 20.8. The molecule has 0 spiro atoms. The minimum Gasteiger partial charge on any atom is -0.489 e. The molecule has 0 unspecified atom stereocenters. The SMILES string of the molecule is CC(=O)N[C@H](Cc1ccccc1F)C(=O)N[C@H](Cc1ccc(OCc2ccccc2)cc1)C(N)=O. The van der Waals surface area contributed by atoms with Crippen LogP contribution in [0.4, 0.5) is 4.39 Å². The summed E-state index contributed by atoms with van der Waals surface area (Å²) in [5, 5.41) is 5.10. The van der Waals surface area contributed by atoms with Crippen LogP contribution in [0.5, 0.6) is 5.75 Å². The van der Waals surface area contributed by atoms with Gasteiger partial charge in [-0.3, -0.25) is 14.4 Å². The normalized spacial score (nSPS) is 12.3. The monoisotopic (exact) mass is 477 g/mol. The molecule has 3 amide bonds. The van der Waals surface area contributed by atoms with Crippen LogP contribution in [-0.4, -0.2) is 29.8 Å². The lowest BCUT2D eigenvalue weighted by Crippen LogP contribution is -2.54. The van der Waals surface area contributed by atoms with Gasteiger partial charge in [-0.1, -0.05) is 60.7 Å². The third-order valence-corrected chi connectivity index (χ3v) is 5.35. The molecule has 8 heteroatoms. The van der Waals surface area contributed by atoms with Crippen LogP contribution < -0.4 is 21.1 Å². The summed E-state index contributed by atoms with van der Waals surface area (Å²) in [6.07, 6.45) is 0.0730. The van der Waals surface area contributed by atoms with Crippen LogP contribution in [0, 0.1) is 5.82 Å². The van der Waals surface area contributed by atoms with Crippen LogP contribution in [-0.2, 0) is 33.8 Å². The lowest BCUT2D eigenvalue weighted by molar-refractivity contribution is -0.130. The highest BCUT2D eigenvalue weighted by atomic mass is 19.1. The Kier molecular flexibility index (Phi) is 8.95. The molecule has 0 fully saturated rings. The third kappa shape index (κ3) is 7.96. The van der Waals surface area contributed by atoms with Gasteiger partial charge in [-0.15, -0.1) is 0 Å². The fourth-order valence-corrected chi connectivity index (χ4v) is 3.53. The molecule has 4 N–H and O–H groups in total. The van der Waals surface area contributed by atoms with Crippen molar-refractivity contribution >= 4 is 17.7 Å². The molecule has 0 aliphatic heterocycles. The number of nitrogens with one attached hydrogen (secondary N) is 2. The van der Waals surface area contributed by atoms with E-state index in [2.05, 4.69) is 10.6 Å². The van der Waals surface area contributed by atoms with E-state index in [1.165, 1.54) is 25.1 Å². The zero-order chi connectivity index (χ0) is 25.2. The van der Waals surface area contributed by atoms with Gasteiger partial charge < -0.3 is 21.1 Å². The Bertz CT molecular complexity index is 1150. The Hall–Kier alpha value is -4.20. The van der Waals surface area contributed by atoms with Crippen molar-refractivity contribution in [2.24, 2.45) is 5.73 Å². The van der Waals surface area contributed by atoms with Gasteiger partial charge in [0.1, 0.15) is 30.3 Å². The maximum absolute atomic E-state index is 14.1. The molecule has 7 nitrogen and oxygen atoms in total. The van der Waals surface area contributed by atoms with Crippen LogP contribution in [0.2, 0.25) is 0 Å². The lowest BCUT2D eigenvalue weighted by atomic mass is 10.0. The Morgan fingerprint density at radius 3 is 2.11 bits per heavy atom. The second-order valence-corrected chi connectivity index (χ2v) is 8.13. The molecule has 3 rings (SSSR count). The van der Waals surface area contributed by atoms with Gasteiger partial charge >= 0.3 is 0 Å². The fourth-order valence-electron chi connectivity index (χ4n) is 3.53. The van der Waals surface area contributed by atoms with Gasteiger partial charge in [0.25, 0.3) is 0 Å². The number of carbonyl (C=O) groups is 3. The number of carbonyl (C=O) groups excluding carboxylic acids is 3. The highest BCUT2D eigenvalue weighted by molar-refractivity contribution is 5.91. The van der Waals surface area contributed by atoms with Crippen LogP contribution >= 0.6 is 0 Å².